The Kier molecular flexibility index (Phi) is 4.32. The Morgan fingerprint density at radius 3 is 2.67 bits per heavy atom. The van der Waals surface area contributed by atoms with Gasteiger partial charge in [0.2, 0.25) is 0 Å². The van der Waals surface area contributed by atoms with Crippen LogP contribution in [0.3, 0.4) is 0 Å². The molecule has 0 unspecified atom stereocenters. The summed E-state index contributed by atoms with van der Waals surface area (Å²) in [5, 5.41) is 8.40. The van der Waals surface area contributed by atoms with E-state index in [-0.39, 0.29) is 0 Å². The molecular weight excluding hydrogens is 258 g/mol. The number of hydrogen-bond acceptors (Lipinski definition) is 2. The number of benzene rings is 1. The van der Waals surface area contributed by atoms with Gasteiger partial charge in [0.15, 0.2) is 0 Å². The molecular formula is C18H27N3. The molecule has 3 nitrogen and oxygen atoms in total. The lowest BCUT2D eigenvalue weighted by atomic mass is 10.0. The second-order valence-corrected chi connectivity index (χ2v) is 6.06. The molecule has 21 heavy (non-hydrogen) atoms. The number of rotatable bonds is 6. The van der Waals surface area contributed by atoms with Gasteiger partial charge in [-0.1, -0.05) is 13.8 Å². The molecule has 0 fully saturated rings. The topological polar surface area (TPSA) is 29.0 Å². The maximum atomic E-state index is 3.47. The van der Waals surface area contributed by atoms with Crippen molar-refractivity contribution in [2.24, 2.45) is 0 Å². The molecule has 0 amide bonds. The van der Waals surface area contributed by atoms with Crippen LogP contribution in [0.2, 0.25) is 0 Å². The third-order valence-corrected chi connectivity index (χ3v) is 4.66. The lowest BCUT2D eigenvalue weighted by Gasteiger charge is -2.07. The Labute approximate surface area is 127 Å². The molecule has 1 aromatic heterocycles. The zero-order valence-electron chi connectivity index (χ0n) is 13.6. The minimum atomic E-state index is 1.02. The monoisotopic (exact) mass is 285 g/mol. The highest BCUT2D eigenvalue weighted by atomic mass is 15.0. The summed E-state index contributed by atoms with van der Waals surface area (Å²) in [5.74, 6) is 0. The smallest absolute Gasteiger partial charge is 0.0488 e. The molecule has 0 atom stereocenters. The van der Waals surface area contributed by atoms with E-state index in [0.29, 0.717) is 0 Å². The predicted molar refractivity (Wildman–Crippen MR) is 89.8 cm³/mol. The predicted octanol–water partition coefficient (Wildman–Crippen LogP) is 3.11. The molecule has 2 N–H and O–H groups in total. The molecule has 114 valence electrons. The van der Waals surface area contributed by atoms with Crippen molar-refractivity contribution < 1.29 is 0 Å². The highest BCUT2D eigenvalue weighted by molar-refractivity contribution is 5.87. The molecule has 0 bridgehead atoms. The Balaban J connectivity index is 2.09. The van der Waals surface area contributed by atoms with Gasteiger partial charge in [0.05, 0.1) is 0 Å². The number of aromatic nitrogens is 1. The summed E-state index contributed by atoms with van der Waals surface area (Å²) in [6.45, 7) is 12.0. The van der Waals surface area contributed by atoms with E-state index in [1.54, 1.807) is 0 Å². The Morgan fingerprint density at radius 1 is 1.19 bits per heavy atom. The molecule has 1 aromatic carbocycles. The molecule has 0 saturated heterocycles. The third kappa shape index (κ3) is 2.60. The highest BCUT2D eigenvalue weighted by Gasteiger charge is 2.18. The lowest BCUT2D eigenvalue weighted by molar-refractivity contribution is 0.673. The summed E-state index contributed by atoms with van der Waals surface area (Å²) in [4.78, 5) is 0. The van der Waals surface area contributed by atoms with Gasteiger partial charge in [-0.2, -0.15) is 0 Å². The fourth-order valence-corrected chi connectivity index (χ4v) is 3.56. The van der Waals surface area contributed by atoms with E-state index in [9.17, 15) is 0 Å². The van der Waals surface area contributed by atoms with E-state index in [2.05, 4.69) is 48.1 Å². The van der Waals surface area contributed by atoms with Gasteiger partial charge in [-0.15, -0.1) is 0 Å². The minimum Gasteiger partial charge on any atom is -0.345 e. The summed E-state index contributed by atoms with van der Waals surface area (Å²) in [5.41, 5.74) is 7.40. The number of fused-ring (bicyclic) bond motifs is 2. The van der Waals surface area contributed by atoms with Gasteiger partial charge in [0.1, 0.15) is 0 Å². The van der Waals surface area contributed by atoms with Crippen molar-refractivity contribution in [3.63, 3.8) is 0 Å². The first-order valence-electron chi connectivity index (χ1n) is 8.31. The van der Waals surface area contributed by atoms with E-state index in [1.807, 2.05) is 0 Å². The van der Waals surface area contributed by atoms with Crippen LogP contribution in [0.1, 0.15) is 42.7 Å². The molecule has 1 aliphatic rings. The largest absolute Gasteiger partial charge is 0.345 e. The summed E-state index contributed by atoms with van der Waals surface area (Å²) in [7, 11) is 0. The quantitative estimate of drug-likeness (QED) is 0.799. The Morgan fingerprint density at radius 2 is 1.95 bits per heavy atom. The van der Waals surface area contributed by atoms with Crippen molar-refractivity contribution >= 4 is 10.9 Å². The van der Waals surface area contributed by atoms with Gasteiger partial charge in [0.25, 0.3) is 0 Å². The molecule has 0 saturated carbocycles. The van der Waals surface area contributed by atoms with Crippen molar-refractivity contribution in [2.45, 2.75) is 53.2 Å². The van der Waals surface area contributed by atoms with Gasteiger partial charge < -0.3 is 15.2 Å². The summed E-state index contributed by atoms with van der Waals surface area (Å²) < 4.78 is 2.52. The van der Waals surface area contributed by atoms with Crippen molar-refractivity contribution in [1.29, 1.82) is 0 Å². The van der Waals surface area contributed by atoms with Crippen LogP contribution in [-0.4, -0.2) is 17.7 Å². The zero-order chi connectivity index (χ0) is 14.8. The highest BCUT2D eigenvalue weighted by Crippen LogP contribution is 2.31. The van der Waals surface area contributed by atoms with Crippen LogP contribution in [0, 0.1) is 6.92 Å². The first-order chi connectivity index (χ1) is 10.3. The van der Waals surface area contributed by atoms with Crippen LogP contribution in [0.4, 0.5) is 0 Å². The first-order valence-corrected chi connectivity index (χ1v) is 8.31. The van der Waals surface area contributed by atoms with Gasteiger partial charge >= 0.3 is 0 Å². The van der Waals surface area contributed by atoms with E-state index >= 15 is 0 Å². The van der Waals surface area contributed by atoms with E-state index in [0.717, 1.165) is 39.1 Å². The van der Waals surface area contributed by atoms with E-state index < -0.39 is 0 Å². The summed E-state index contributed by atoms with van der Waals surface area (Å²) in [6, 6.07) is 4.86. The average Bonchev–Trinajstić information content (AvgIpc) is 3.03. The molecule has 3 rings (SSSR count). The van der Waals surface area contributed by atoms with Crippen LogP contribution in [0.25, 0.3) is 10.9 Å². The summed E-state index contributed by atoms with van der Waals surface area (Å²) >= 11 is 0. The molecule has 0 spiro atoms. The Hall–Kier alpha value is -1.32. The zero-order valence-corrected chi connectivity index (χ0v) is 13.6. The maximum absolute atomic E-state index is 3.47. The SMILES string of the molecule is CCCn1c(C)c(CCNCC)c2cc3c(cc21)CNC3. The van der Waals surface area contributed by atoms with E-state index in [4.69, 9.17) is 0 Å². The second kappa shape index (κ2) is 6.20. The van der Waals surface area contributed by atoms with Crippen molar-refractivity contribution in [2.75, 3.05) is 13.1 Å². The standard InChI is InChI=1S/C18H27N3/c1-4-8-21-13(3)16(6-7-19-5-2)17-9-14-11-20-12-15(14)10-18(17)21/h9-10,19-20H,4-8,11-12H2,1-3H3. The van der Waals surface area contributed by atoms with Gasteiger partial charge in [-0.3, -0.25) is 0 Å². The molecule has 3 heteroatoms. The fourth-order valence-electron chi connectivity index (χ4n) is 3.56. The molecule has 2 aromatic rings. The minimum absolute atomic E-state index is 1.02. The normalized spacial score (nSPS) is 14.0. The number of nitrogens with zero attached hydrogens (tertiary/aromatic N) is 1. The van der Waals surface area contributed by atoms with Crippen LogP contribution < -0.4 is 10.6 Å². The third-order valence-electron chi connectivity index (χ3n) is 4.66. The van der Waals surface area contributed by atoms with Crippen LogP contribution in [0.15, 0.2) is 12.1 Å². The Bertz CT molecular complexity index is 640. The second-order valence-electron chi connectivity index (χ2n) is 6.06. The van der Waals surface area contributed by atoms with Crippen LogP contribution in [0.5, 0.6) is 0 Å². The fraction of sp³-hybridized carbons (Fsp3) is 0.556. The summed E-state index contributed by atoms with van der Waals surface area (Å²) in [6.07, 6.45) is 2.31. The van der Waals surface area contributed by atoms with Crippen molar-refractivity contribution in [1.82, 2.24) is 15.2 Å². The maximum Gasteiger partial charge on any atom is 0.0488 e. The van der Waals surface area contributed by atoms with Crippen LogP contribution >= 0.6 is 0 Å². The van der Waals surface area contributed by atoms with Crippen molar-refractivity contribution in [3.8, 4) is 0 Å². The average molecular weight is 285 g/mol. The first kappa shape index (κ1) is 14.6. The van der Waals surface area contributed by atoms with Gasteiger partial charge in [0, 0.05) is 36.2 Å². The molecule has 0 aliphatic carbocycles. The molecule has 0 radical (unpaired) electrons. The number of aryl methyl sites for hydroxylation is 1. The van der Waals surface area contributed by atoms with Gasteiger partial charge in [-0.25, -0.2) is 0 Å². The van der Waals surface area contributed by atoms with E-state index in [1.165, 1.54) is 39.7 Å². The van der Waals surface area contributed by atoms with Crippen LogP contribution in [-0.2, 0) is 26.1 Å². The number of likely N-dealkylation sites (N-methyl/N-ethyl adjacent to an activating group) is 1. The molecule has 2 heterocycles. The number of hydrogen-bond donors (Lipinski definition) is 2. The molecule has 1 aliphatic heterocycles. The number of nitrogens with one attached hydrogen (secondary N) is 2. The van der Waals surface area contributed by atoms with Gasteiger partial charge in [-0.05, 0) is 61.7 Å². The lowest BCUT2D eigenvalue weighted by Crippen LogP contribution is -2.16. The van der Waals surface area contributed by atoms with Crippen molar-refractivity contribution in [3.05, 3.63) is 34.5 Å².